The minimum Gasteiger partial charge on any atom is -0.462 e. The third-order valence-electron chi connectivity index (χ3n) is 4.44. The van der Waals surface area contributed by atoms with Crippen molar-refractivity contribution in [3.05, 3.63) is 16.0 Å². The van der Waals surface area contributed by atoms with Crippen LogP contribution in [0.15, 0.2) is 5.16 Å². The van der Waals surface area contributed by atoms with Crippen LogP contribution in [0.5, 0.6) is 0 Å². The second-order valence-electron chi connectivity index (χ2n) is 6.27. The Morgan fingerprint density at radius 1 is 1.43 bits per heavy atom. The summed E-state index contributed by atoms with van der Waals surface area (Å²) in [5.41, 5.74) is 0.793. The number of nitrogens with one attached hydrogen (secondary N) is 1. The van der Waals surface area contributed by atoms with Gasteiger partial charge in [0.25, 0.3) is 0 Å². The SMILES string of the molecule is CCOC(=O)c1sc(NC(=O)CSc2nnnn2C2CCCC2)c(C#N)c1C. The number of amides is 1. The highest BCUT2D eigenvalue weighted by atomic mass is 32.2. The molecule has 2 aromatic rings. The molecule has 0 radical (unpaired) electrons. The van der Waals surface area contributed by atoms with E-state index in [-0.39, 0.29) is 29.9 Å². The lowest BCUT2D eigenvalue weighted by Gasteiger charge is -2.10. The van der Waals surface area contributed by atoms with Crippen molar-refractivity contribution in [1.82, 2.24) is 20.2 Å². The van der Waals surface area contributed by atoms with E-state index in [1.165, 1.54) is 11.8 Å². The molecule has 2 aromatic heterocycles. The van der Waals surface area contributed by atoms with Crippen LogP contribution in [0.1, 0.15) is 59.4 Å². The number of carbonyl (C=O) groups is 2. The summed E-state index contributed by atoms with van der Waals surface area (Å²) >= 11 is 2.30. The predicted octanol–water partition coefficient (Wildman–Crippen LogP) is 2.94. The molecule has 1 aliphatic carbocycles. The number of nitriles is 1. The van der Waals surface area contributed by atoms with Crippen LogP contribution >= 0.6 is 23.1 Å². The molecule has 0 unspecified atom stereocenters. The fourth-order valence-electron chi connectivity index (χ4n) is 3.08. The zero-order valence-electron chi connectivity index (χ0n) is 15.6. The minimum absolute atomic E-state index is 0.101. The van der Waals surface area contributed by atoms with Gasteiger partial charge in [-0.25, -0.2) is 9.48 Å². The van der Waals surface area contributed by atoms with Crippen LogP contribution < -0.4 is 5.32 Å². The van der Waals surface area contributed by atoms with Gasteiger partial charge >= 0.3 is 5.97 Å². The van der Waals surface area contributed by atoms with E-state index in [9.17, 15) is 14.9 Å². The highest BCUT2D eigenvalue weighted by molar-refractivity contribution is 7.99. The Kier molecular flexibility index (Phi) is 6.64. The van der Waals surface area contributed by atoms with Crippen LogP contribution in [0.3, 0.4) is 0 Å². The molecule has 0 aliphatic heterocycles. The first-order valence-corrected chi connectivity index (χ1v) is 10.8. The molecule has 0 bridgehead atoms. The highest BCUT2D eigenvalue weighted by Gasteiger charge is 2.24. The largest absolute Gasteiger partial charge is 0.462 e. The maximum absolute atomic E-state index is 12.4. The van der Waals surface area contributed by atoms with E-state index in [1.807, 2.05) is 6.07 Å². The van der Waals surface area contributed by atoms with Crippen molar-refractivity contribution in [3.8, 4) is 6.07 Å². The first kappa shape index (κ1) is 20.3. The van der Waals surface area contributed by atoms with Crippen molar-refractivity contribution in [2.24, 2.45) is 0 Å². The number of anilines is 1. The molecular formula is C17H20N6O3S2. The Hall–Kier alpha value is -2.45. The van der Waals surface area contributed by atoms with E-state index >= 15 is 0 Å². The third-order valence-corrected chi connectivity index (χ3v) is 6.56. The van der Waals surface area contributed by atoms with Gasteiger partial charge < -0.3 is 10.1 Å². The van der Waals surface area contributed by atoms with E-state index < -0.39 is 5.97 Å². The van der Waals surface area contributed by atoms with E-state index in [0.29, 0.717) is 20.6 Å². The van der Waals surface area contributed by atoms with Gasteiger partial charge in [0.2, 0.25) is 11.1 Å². The van der Waals surface area contributed by atoms with E-state index in [2.05, 4.69) is 20.8 Å². The maximum Gasteiger partial charge on any atom is 0.348 e. The molecular weight excluding hydrogens is 400 g/mol. The van der Waals surface area contributed by atoms with Gasteiger partial charge in [0, 0.05) is 0 Å². The molecule has 2 heterocycles. The lowest BCUT2D eigenvalue weighted by atomic mass is 10.2. The van der Waals surface area contributed by atoms with Gasteiger partial charge in [-0.15, -0.1) is 16.4 Å². The smallest absolute Gasteiger partial charge is 0.348 e. The van der Waals surface area contributed by atoms with Gasteiger partial charge in [-0.1, -0.05) is 24.6 Å². The Morgan fingerprint density at radius 3 is 2.86 bits per heavy atom. The molecule has 0 atom stereocenters. The lowest BCUT2D eigenvalue weighted by Crippen LogP contribution is -2.15. The molecule has 1 aliphatic rings. The average molecular weight is 421 g/mol. The normalized spacial score (nSPS) is 14.0. The first-order valence-electron chi connectivity index (χ1n) is 8.96. The number of esters is 1. The van der Waals surface area contributed by atoms with Crippen molar-refractivity contribution in [2.75, 3.05) is 17.7 Å². The van der Waals surface area contributed by atoms with Crippen LogP contribution in [-0.4, -0.2) is 44.4 Å². The number of carbonyl (C=O) groups excluding carboxylic acids is 2. The zero-order chi connectivity index (χ0) is 20.1. The molecule has 0 aromatic carbocycles. The minimum atomic E-state index is -0.493. The zero-order valence-corrected chi connectivity index (χ0v) is 17.2. The summed E-state index contributed by atoms with van der Waals surface area (Å²) in [4.78, 5) is 24.7. The third kappa shape index (κ3) is 4.34. The van der Waals surface area contributed by atoms with Gasteiger partial charge in [-0.2, -0.15) is 5.26 Å². The van der Waals surface area contributed by atoms with E-state index in [4.69, 9.17) is 4.74 Å². The Labute approximate surface area is 170 Å². The second kappa shape index (κ2) is 9.16. The molecule has 28 heavy (non-hydrogen) atoms. The molecule has 1 amide bonds. The van der Waals surface area contributed by atoms with Gasteiger partial charge in [0.05, 0.1) is 24.0 Å². The summed E-state index contributed by atoms with van der Waals surface area (Å²) < 4.78 is 6.80. The number of nitrogens with zero attached hydrogens (tertiary/aromatic N) is 5. The van der Waals surface area contributed by atoms with Gasteiger partial charge in [0.1, 0.15) is 15.9 Å². The fourth-order valence-corrected chi connectivity index (χ4v) is 4.89. The van der Waals surface area contributed by atoms with Crippen LogP contribution in [0.2, 0.25) is 0 Å². The van der Waals surface area contributed by atoms with Crippen molar-refractivity contribution in [3.63, 3.8) is 0 Å². The van der Waals surface area contributed by atoms with Gasteiger partial charge in [-0.3, -0.25) is 4.79 Å². The Balaban J connectivity index is 1.66. The molecule has 0 saturated heterocycles. The quantitative estimate of drug-likeness (QED) is 0.536. The molecule has 1 N–H and O–H groups in total. The van der Waals surface area contributed by atoms with Crippen molar-refractivity contribution >= 4 is 40.0 Å². The Morgan fingerprint density at radius 2 is 2.18 bits per heavy atom. The fraction of sp³-hybridized carbons (Fsp3) is 0.529. The summed E-state index contributed by atoms with van der Waals surface area (Å²) in [6.45, 7) is 3.62. The molecule has 1 fully saturated rings. The van der Waals surface area contributed by atoms with Crippen LogP contribution in [0, 0.1) is 18.3 Å². The predicted molar refractivity (Wildman–Crippen MR) is 104 cm³/mol. The summed E-state index contributed by atoms with van der Waals surface area (Å²) in [5.74, 6) is -0.685. The number of thiophene rings is 1. The monoisotopic (exact) mass is 420 g/mol. The molecule has 0 spiro atoms. The standard InChI is InChI=1S/C17H20N6O3S2/c1-3-26-16(25)14-10(2)12(8-18)15(28-14)19-13(24)9-27-17-20-21-22-23(17)11-6-4-5-7-11/h11H,3-7,9H2,1-2H3,(H,19,24). The molecule has 9 nitrogen and oxygen atoms in total. The van der Waals surface area contributed by atoms with Crippen molar-refractivity contribution < 1.29 is 14.3 Å². The summed E-state index contributed by atoms with van der Waals surface area (Å²) in [6.07, 6.45) is 4.40. The summed E-state index contributed by atoms with van der Waals surface area (Å²) in [5, 5.41) is 24.9. The molecule has 3 rings (SSSR count). The van der Waals surface area contributed by atoms with Crippen LogP contribution in [-0.2, 0) is 9.53 Å². The molecule has 148 valence electrons. The molecule has 1 saturated carbocycles. The number of hydrogen-bond acceptors (Lipinski definition) is 9. The van der Waals surface area contributed by atoms with Gasteiger partial charge in [-0.05, 0) is 42.7 Å². The number of aromatic nitrogens is 4. The average Bonchev–Trinajstić information content (AvgIpc) is 3.40. The maximum atomic E-state index is 12.4. The van der Waals surface area contributed by atoms with E-state index in [0.717, 1.165) is 37.0 Å². The number of ether oxygens (including phenoxy) is 1. The van der Waals surface area contributed by atoms with E-state index in [1.54, 1.807) is 18.5 Å². The second-order valence-corrected chi connectivity index (χ2v) is 8.24. The number of tetrazole rings is 1. The molecule has 11 heteroatoms. The number of rotatable bonds is 7. The van der Waals surface area contributed by atoms with Gasteiger partial charge in [0.15, 0.2) is 0 Å². The van der Waals surface area contributed by atoms with Crippen molar-refractivity contribution in [2.45, 2.75) is 50.7 Å². The summed E-state index contributed by atoms with van der Waals surface area (Å²) in [6, 6.07) is 2.34. The summed E-state index contributed by atoms with van der Waals surface area (Å²) in [7, 11) is 0. The number of thioether (sulfide) groups is 1. The van der Waals surface area contributed by atoms with Crippen LogP contribution in [0.25, 0.3) is 0 Å². The highest BCUT2D eigenvalue weighted by Crippen LogP contribution is 2.34. The lowest BCUT2D eigenvalue weighted by molar-refractivity contribution is -0.113. The first-order chi connectivity index (χ1) is 13.5. The topological polar surface area (TPSA) is 123 Å². The Bertz CT molecular complexity index is 911. The van der Waals surface area contributed by atoms with Crippen molar-refractivity contribution in [1.29, 1.82) is 5.26 Å². The van der Waals surface area contributed by atoms with Crippen LogP contribution in [0.4, 0.5) is 5.00 Å². The number of hydrogen-bond donors (Lipinski definition) is 1.